The minimum absolute atomic E-state index is 0.00435. The lowest BCUT2D eigenvalue weighted by Gasteiger charge is -2.43. The third-order valence-electron chi connectivity index (χ3n) is 11.8. The monoisotopic (exact) mass is 1010 g/mol. The molecule has 4 amide bonds. The average Bonchev–Trinajstić information content (AvgIpc) is 3.34. The maximum absolute atomic E-state index is 14.5. The Kier molecular flexibility index (Phi) is 17.0. The number of nitrogens with one attached hydrogen (secondary N) is 2. The van der Waals surface area contributed by atoms with Gasteiger partial charge < -0.3 is 29.9 Å². The molecule has 2 atom stereocenters. The summed E-state index contributed by atoms with van der Waals surface area (Å²) >= 11 is 5.56. The number of alkyl halides is 6. The van der Waals surface area contributed by atoms with Crippen LogP contribution in [0.25, 0.3) is 0 Å². The van der Waals surface area contributed by atoms with E-state index in [0.29, 0.717) is 22.3 Å². The van der Waals surface area contributed by atoms with E-state index in [0.717, 1.165) is 46.2 Å². The number of amides is 4. The van der Waals surface area contributed by atoms with Gasteiger partial charge in [0, 0.05) is 37.6 Å². The Morgan fingerprint density at radius 1 is 0.625 bits per heavy atom. The van der Waals surface area contributed by atoms with Gasteiger partial charge in [-0.2, -0.15) is 36.9 Å². The highest BCUT2D eigenvalue weighted by Gasteiger charge is 2.45. The smallest absolute Gasteiger partial charge is 0.416 e. The fraction of sp³-hybridized carbons (Fsp3) is 0.314. The number of anilines is 2. The number of nitriles is 2. The lowest BCUT2D eigenvalue weighted by molar-refractivity contribution is -0.140. The van der Waals surface area contributed by atoms with E-state index in [1.807, 2.05) is 12.1 Å². The maximum atomic E-state index is 14.5. The van der Waals surface area contributed by atoms with Gasteiger partial charge in [-0.25, -0.2) is 19.2 Å². The van der Waals surface area contributed by atoms with Gasteiger partial charge in [-0.15, -0.1) is 0 Å². The first kappa shape index (κ1) is 53.4. The standard InChI is InChI=1S/C51H48F6N8O6S/c1-5-70-45(66)41-31(3)64(39-13-7-11-37(27-39)50(52,53)54)48(68)62(43(41)35-19-15-33(29-58)16-20-35)25-9-23-60-47(72)61-24-10-26-63-44(36-21-17-34(30-59)18-22-36)42(46(67)71-6-2)32(4)65(49(63)69)40-14-8-12-38(28-40)51(55,56)57/h7-8,11-22,27-28,43-44H,5-6,9-10,23-26H2,1-4H3,(H2,60,61,72)/t43-,44-/m1/s1. The number of allylic oxidation sites excluding steroid dienone is 2. The summed E-state index contributed by atoms with van der Waals surface area (Å²) in [5.41, 5.74) is -0.723. The van der Waals surface area contributed by atoms with Crippen LogP contribution in [0, 0.1) is 22.7 Å². The first-order valence-electron chi connectivity index (χ1n) is 22.6. The molecule has 2 aliphatic rings. The Balaban J connectivity index is 1.21. The van der Waals surface area contributed by atoms with Crippen molar-refractivity contribution >= 4 is 52.7 Å². The zero-order chi connectivity index (χ0) is 52.5. The molecule has 0 aliphatic carbocycles. The number of hydrogen-bond donors (Lipinski definition) is 2. The number of carbonyl (C=O) groups is 4. The van der Waals surface area contributed by atoms with Gasteiger partial charge in [-0.3, -0.25) is 9.80 Å². The van der Waals surface area contributed by atoms with Gasteiger partial charge >= 0.3 is 36.4 Å². The van der Waals surface area contributed by atoms with Crippen molar-refractivity contribution in [3.05, 3.63) is 153 Å². The van der Waals surface area contributed by atoms with Crippen molar-refractivity contribution in [2.45, 2.75) is 65.0 Å². The van der Waals surface area contributed by atoms with Crippen molar-refractivity contribution in [3.8, 4) is 12.1 Å². The summed E-state index contributed by atoms with van der Waals surface area (Å²) in [6.07, 6.45) is -9.10. The molecule has 21 heteroatoms. The van der Waals surface area contributed by atoms with E-state index in [-0.39, 0.29) is 91.3 Å². The minimum atomic E-state index is -4.74. The molecule has 0 saturated heterocycles. The zero-order valence-corrected chi connectivity index (χ0v) is 40.2. The van der Waals surface area contributed by atoms with Crippen molar-refractivity contribution in [3.63, 3.8) is 0 Å². The van der Waals surface area contributed by atoms with Crippen LogP contribution in [0.3, 0.4) is 0 Å². The van der Waals surface area contributed by atoms with Gasteiger partial charge in [-0.05, 0) is 125 Å². The van der Waals surface area contributed by atoms with Crippen molar-refractivity contribution in [1.82, 2.24) is 20.4 Å². The van der Waals surface area contributed by atoms with Crippen LogP contribution < -0.4 is 20.4 Å². The summed E-state index contributed by atoms with van der Waals surface area (Å²) in [5.74, 6) is -1.60. The van der Waals surface area contributed by atoms with Gasteiger partial charge in [0.05, 0.1) is 82.2 Å². The van der Waals surface area contributed by atoms with Crippen LogP contribution in [-0.2, 0) is 31.4 Å². The first-order chi connectivity index (χ1) is 34.2. The van der Waals surface area contributed by atoms with E-state index in [1.54, 1.807) is 38.1 Å². The van der Waals surface area contributed by atoms with Crippen LogP contribution in [-0.4, -0.2) is 78.3 Å². The topological polar surface area (TPSA) is 171 Å². The molecule has 0 fully saturated rings. The maximum Gasteiger partial charge on any atom is 0.416 e. The highest BCUT2D eigenvalue weighted by molar-refractivity contribution is 7.80. The highest BCUT2D eigenvalue weighted by atomic mass is 32.1. The largest absolute Gasteiger partial charge is 0.463 e. The Hall–Kier alpha value is -7.91. The number of halogens is 6. The molecule has 0 unspecified atom stereocenters. The summed E-state index contributed by atoms with van der Waals surface area (Å²) < 4.78 is 94.3. The Bertz CT molecular complexity index is 2670. The van der Waals surface area contributed by atoms with Crippen molar-refractivity contribution in [2.75, 3.05) is 49.2 Å². The summed E-state index contributed by atoms with van der Waals surface area (Å²) in [6.45, 7) is 6.14. The van der Waals surface area contributed by atoms with Gasteiger partial charge in [0.1, 0.15) is 0 Å². The predicted octanol–water partition coefficient (Wildman–Crippen LogP) is 10.1. The molecule has 4 aromatic carbocycles. The highest BCUT2D eigenvalue weighted by Crippen LogP contribution is 2.43. The number of esters is 2. The van der Waals surface area contributed by atoms with E-state index in [9.17, 15) is 56.0 Å². The molecule has 0 spiro atoms. The fourth-order valence-electron chi connectivity index (χ4n) is 8.49. The quantitative estimate of drug-likeness (QED) is 0.0474. The van der Waals surface area contributed by atoms with Gasteiger partial charge in [-0.1, -0.05) is 36.4 Å². The summed E-state index contributed by atoms with van der Waals surface area (Å²) in [5, 5.41) is 25.2. The zero-order valence-electron chi connectivity index (χ0n) is 39.4. The van der Waals surface area contributed by atoms with E-state index in [2.05, 4.69) is 10.6 Å². The fourth-order valence-corrected chi connectivity index (χ4v) is 8.69. The molecule has 2 aliphatic heterocycles. The van der Waals surface area contributed by atoms with Crippen LogP contribution in [0.4, 0.5) is 47.3 Å². The number of benzene rings is 4. The molecule has 2 N–H and O–H groups in total. The summed E-state index contributed by atoms with van der Waals surface area (Å²) in [7, 11) is 0. The third kappa shape index (κ3) is 11.8. The lowest BCUT2D eigenvalue weighted by Crippen LogP contribution is -2.52. The van der Waals surface area contributed by atoms with Crippen molar-refractivity contribution in [1.29, 1.82) is 10.5 Å². The van der Waals surface area contributed by atoms with E-state index < -0.39 is 59.6 Å². The number of carbonyl (C=O) groups excluding carboxylic acids is 4. The van der Waals surface area contributed by atoms with Crippen LogP contribution in [0.1, 0.15) is 86.0 Å². The number of nitrogens with zero attached hydrogens (tertiary/aromatic N) is 6. The van der Waals surface area contributed by atoms with E-state index in [1.165, 1.54) is 60.0 Å². The minimum Gasteiger partial charge on any atom is -0.463 e. The first-order valence-corrected chi connectivity index (χ1v) is 23.0. The number of rotatable bonds is 16. The molecule has 2 heterocycles. The average molecular weight is 1020 g/mol. The molecular formula is C51H48F6N8O6S. The number of hydrogen-bond acceptors (Lipinski definition) is 9. The SMILES string of the molecule is CCOC(=O)C1=C(C)N(c2cccc(C(F)(F)F)c2)C(=O)N(CCCNC(=S)NCCCN2C(=O)N(c3cccc(C(F)(F)F)c3)C(C)=C(C(=O)OCC)[C@H]2c2ccc(C#N)cc2)[C@@H]1c1ccc(C#N)cc1. The van der Waals surface area contributed by atoms with Crippen molar-refractivity contribution in [2.24, 2.45) is 0 Å². The van der Waals surface area contributed by atoms with Crippen LogP contribution >= 0.6 is 12.2 Å². The summed E-state index contributed by atoms with van der Waals surface area (Å²) in [6, 6.07) is 21.1. The third-order valence-corrected chi connectivity index (χ3v) is 12.1. The van der Waals surface area contributed by atoms with Gasteiger partial charge in [0.25, 0.3) is 0 Å². The molecular weight excluding hydrogens is 967 g/mol. The number of ether oxygens (including phenoxy) is 2. The lowest BCUT2D eigenvalue weighted by atomic mass is 9.92. The molecule has 0 radical (unpaired) electrons. The second-order valence-corrected chi connectivity index (χ2v) is 16.7. The summed E-state index contributed by atoms with van der Waals surface area (Å²) in [4.78, 5) is 61.3. The molecule has 0 saturated carbocycles. The molecule has 14 nitrogen and oxygen atoms in total. The molecule has 0 aromatic heterocycles. The number of urea groups is 2. The van der Waals surface area contributed by atoms with Crippen molar-refractivity contribution < 1.29 is 55.0 Å². The van der Waals surface area contributed by atoms with Crippen LogP contribution in [0.15, 0.2) is 120 Å². The molecule has 376 valence electrons. The second kappa shape index (κ2) is 22.9. The molecule has 72 heavy (non-hydrogen) atoms. The van der Waals surface area contributed by atoms with Crippen LogP contribution in [0.2, 0.25) is 0 Å². The van der Waals surface area contributed by atoms with Gasteiger partial charge in [0.2, 0.25) is 0 Å². The van der Waals surface area contributed by atoms with E-state index in [4.69, 9.17) is 21.7 Å². The second-order valence-electron chi connectivity index (χ2n) is 16.3. The molecule has 6 rings (SSSR count). The predicted molar refractivity (Wildman–Crippen MR) is 256 cm³/mol. The Labute approximate surface area is 416 Å². The molecule has 4 aromatic rings. The Morgan fingerprint density at radius 2 is 0.986 bits per heavy atom. The Morgan fingerprint density at radius 3 is 1.31 bits per heavy atom. The number of thiocarbonyl (C=S) groups is 1. The van der Waals surface area contributed by atoms with Gasteiger partial charge in [0.15, 0.2) is 5.11 Å². The normalized spacial score (nSPS) is 16.3. The van der Waals surface area contributed by atoms with E-state index >= 15 is 0 Å². The van der Waals surface area contributed by atoms with Crippen LogP contribution in [0.5, 0.6) is 0 Å². The molecule has 0 bridgehead atoms.